The lowest BCUT2D eigenvalue weighted by atomic mass is 9.73. The highest BCUT2D eigenvalue weighted by molar-refractivity contribution is 5.56. The summed E-state index contributed by atoms with van der Waals surface area (Å²) in [5.74, 6) is 0.754. The summed E-state index contributed by atoms with van der Waals surface area (Å²) in [5, 5.41) is 36.3. The molecular weight excluding hydrogens is 629 g/mol. The number of phenols is 3. The molecule has 0 aliphatic heterocycles. The highest BCUT2D eigenvalue weighted by atomic mass is 16.5. The highest BCUT2D eigenvalue weighted by Gasteiger charge is 2.35. The molecule has 276 valence electrons. The zero-order valence-electron chi connectivity index (χ0n) is 33.9. The Morgan fingerprint density at radius 2 is 0.882 bits per heavy atom. The van der Waals surface area contributed by atoms with Gasteiger partial charge >= 0.3 is 0 Å². The van der Waals surface area contributed by atoms with Crippen molar-refractivity contribution in [1.29, 1.82) is 0 Å². The van der Waals surface area contributed by atoms with E-state index in [9.17, 15) is 15.3 Å². The van der Waals surface area contributed by atoms with Crippen molar-refractivity contribution >= 4 is 0 Å². The molecule has 8 bridgehead atoms. The Morgan fingerprint density at radius 1 is 0.529 bits per heavy atom. The molecule has 2 atom stereocenters. The van der Waals surface area contributed by atoms with Crippen LogP contribution in [0.5, 0.6) is 17.2 Å². The molecule has 4 heteroatoms. The molecule has 0 spiro atoms. The Labute approximate surface area is 308 Å². The molecule has 2 aliphatic carbocycles. The molecule has 0 amide bonds. The van der Waals surface area contributed by atoms with E-state index in [0.29, 0.717) is 31.4 Å². The number of allylic oxidation sites excluding steroid dienone is 2. The zero-order chi connectivity index (χ0) is 38.0. The lowest BCUT2D eigenvalue weighted by Gasteiger charge is -2.37. The van der Waals surface area contributed by atoms with E-state index in [1.807, 2.05) is 0 Å². The number of phenolic OH excluding ortho intramolecular Hbond substituents is 3. The minimum atomic E-state index is -0.239. The Balaban J connectivity index is 1.88. The summed E-state index contributed by atoms with van der Waals surface area (Å²) >= 11 is 0. The lowest BCUT2D eigenvalue weighted by molar-refractivity contribution is 0.00358. The first-order valence-corrected chi connectivity index (χ1v) is 19.0. The lowest BCUT2D eigenvalue weighted by Crippen LogP contribution is -2.34. The van der Waals surface area contributed by atoms with Gasteiger partial charge in [0.15, 0.2) is 0 Å². The number of rotatable bonds is 2. The fraction of sp³-hybridized carbons (Fsp3) is 0.532. The van der Waals surface area contributed by atoms with Crippen molar-refractivity contribution < 1.29 is 20.1 Å². The molecule has 1 unspecified atom stereocenters. The summed E-state index contributed by atoms with van der Waals surface area (Å²) in [5.41, 5.74) is 10.1. The van der Waals surface area contributed by atoms with Crippen molar-refractivity contribution in [3.05, 3.63) is 110 Å². The summed E-state index contributed by atoms with van der Waals surface area (Å²) in [6.07, 6.45) is 6.30. The molecule has 2 aliphatic rings. The molecule has 3 aromatic carbocycles. The van der Waals surface area contributed by atoms with Crippen LogP contribution in [-0.2, 0) is 46.7 Å². The van der Waals surface area contributed by atoms with Crippen molar-refractivity contribution in [3.8, 4) is 17.2 Å². The standard InChI is InChI=1S/C47H64O4/c1-27(2)51-43-34-17-32-23-37(45(6,7)8)21-30(41(32)49)15-28-19-36(44(3,4)5)20-29(40(28)48)16-31-22-38(46(9,10)11)24-33(42(31)50)18-35(43)26-39(25-34)47(12,13)14/h19-27,34,43,48-50H,15-18H2,1-14H3/t34?,43-/m1/s1. The Morgan fingerprint density at radius 3 is 1.24 bits per heavy atom. The maximum Gasteiger partial charge on any atom is 0.122 e. The summed E-state index contributed by atoms with van der Waals surface area (Å²) in [4.78, 5) is 0. The van der Waals surface area contributed by atoms with Gasteiger partial charge < -0.3 is 20.1 Å². The van der Waals surface area contributed by atoms with Gasteiger partial charge in [-0.05, 0) is 110 Å². The van der Waals surface area contributed by atoms with Crippen molar-refractivity contribution in [2.45, 2.75) is 151 Å². The molecule has 0 saturated carbocycles. The first-order chi connectivity index (χ1) is 23.3. The molecular formula is C47H64O4. The largest absolute Gasteiger partial charge is 0.507 e. The molecule has 0 radical (unpaired) electrons. The third-order valence-corrected chi connectivity index (χ3v) is 10.8. The molecule has 0 fully saturated rings. The predicted octanol–water partition coefficient (Wildman–Crippen LogP) is 11.3. The van der Waals surface area contributed by atoms with Crippen LogP contribution in [0.15, 0.2) is 59.7 Å². The average molecular weight is 693 g/mol. The first kappa shape index (κ1) is 38.7. The van der Waals surface area contributed by atoms with E-state index in [1.54, 1.807) is 0 Å². The minimum Gasteiger partial charge on any atom is -0.507 e. The molecule has 3 aromatic rings. The maximum atomic E-state index is 12.1. The number of benzene rings is 3. The second kappa shape index (κ2) is 13.5. The van der Waals surface area contributed by atoms with Gasteiger partial charge in [0.05, 0.1) is 12.2 Å². The number of fused-ring (bicyclic) bond motifs is 8. The molecule has 0 saturated heterocycles. The Kier molecular flexibility index (Phi) is 10.2. The van der Waals surface area contributed by atoms with Gasteiger partial charge in [-0.3, -0.25) is 0 Å². The highest BCUT2D eigenvalue weighted by Crippen LogP contribution is 2.44. The monoisotopic (exact) mass is 692 g/mol. The zero-order valence-corrected chi connectivity index (χ0v) is 33.9. The Bertz CT molecular complexity index is 1860. The van der Waals surface area contributed by atoms with E-state index in [0.717, 1.165) is 55.6 Å². The van der Waals surface area contributed by atoms with E-state index in [4.69, 9.17) is 4.74 Å². The SMILES string of the molecule is CC(C)O[C@H]1C2=CC(C(C)(C)C)=CC1Cc1cc(C(C)(C)C)cc(c1O)Cc1cc(C(C)(C)C)cc(c1O)Cc1cc(C(C)(C)C)cc(c1O)C2. The van der Waals surface area contributed by atoms with Gasteiger partial charge in [0.1, 0.15) is 17.2 Å². The van der Waals surface area contributed by atoms with Crippen molar-refractivity contribution in [1.82, 2.24) is 0 Å². The van der Waals surface area contributed by atoms with Crippen molar-refractivity contribution in [2.75, 3.05) is 0 Å². The number of hydrogen-bond acceptors (Lipinski definition) is 4. The van der Waals surface area contributed by atoms with E-state index < -0.39 is 0 Å². The van der Waals surface area contributed by atoms with Crippen LogP contribution in [0.25, 0.3) is 0 Å². The molecule has 3 N–H and O–H groups in total. The van der Waals surface area contributed by atoms with Gasteiger partial charge in [-0.15, -0.1) is 0 Å². The fourth-order valence-corrected chi connectivity index (χ4v) is 7.48. The Hall–Kier alpha value is -3.50. The number of aromatic hydroxyl groups is 3. The van der Waals surface area contributed by atoms with Gasteiger partial charge in [-0.25, -0.2) is 0 Å². The van der Waals surface area contributed by atoms with Crippen molar-refractivity contribution in [3.63, 3.8) is 0 Å². The van der Waals surface area contributed by atoms with Crippen LogP contribution in [0, 0.1) is 11.3 Å². The molecule has 0 aromatic heterocycles. The molecule has 4 nitrogen and oxygen atoms in total. The van der Waals surface area contributed by atoms with Crippen LogP contribution >= 0.6 is 0 Å². The van der Waals surface area contributed by atoms with E-state index in [-0.39, 0.29) is 51.3 Å². The second-order valence-corrected chi connectivity index (χ2v) is 19.8. The van der Waals surface area contributed by atoms with Gasteiger partial charge in [0, 0.05) is 18.8 Å². The summed E-state index contributed by atoms with van der Waals surface area (Å²) in [6.45, 7) is 30.7. The van der Waals surface area contributed by atoms with Gasteiger partial charge in [0.25, 0.3) is 0 Å². The summed E-state index contributed by atoms with van der Waals surface area (Å²) in [7, 11) is 0. The van der Waals surface area contributed by atoms with Gasteiger partial charge in [-0.1, -0.05) is 132 Å². The number of ether oxygens (including phenoxy) is 1. The van der Waals surface area contributed by atoms with E-state index >= 15 is 0 Å². The third kappa shape index (κ3) is 8.43. The molecule has 51 heavy (non-hydrogen) atoms. The van der Waals surface area contributed by atoms with Crippen LogP contribution in [0.3, 0.4) is 0 Å². The third-order valence-electron chi connectivity index (χ3n) is 10.8. The van der Waals surface area contributed by atoms with Crippen LogP contribution in [0.1, 0.15) is 147 Å². The summed E-state index contributed by atoms with van der Waals surface area (Å²) in [6, 6.07) is 12.8. The van der Waals surface area contributed by atoms with E-state index in [1.165, 1.54) is 5.57 Å². The van der Waals surface area contributed by atoms with Crippen LogP contribution < -0.4 is 0 Å². The maximum absolute atomic E-state index is 12.1. The van der Waals surface area contributed by atoms with Crippen molar-refractivity contribution in [2.24, 2.45) is 11.3 Å². The predicted molar refractivity (Wildman–Crippen MR) is 213 cm³/mol. The average Bonchev–Trinajstić information content (AvgIpc) is 2.97. The second-order valence-electron chi connectivity index (χ2n) is 19.8. The minimum absolute atomic E-state index is 0.0174. The topological polar surface area (TPSA) is 69.9 Å². The van der Waals surface area contributed by atoms with Gasteiger partial charge in [-0.2, -0.15) is 0 Å². The fourth-order valence-electron chi connectivity index (χ4n) is 7.48. The van der Waals surface area contributed by atoms with Gasteiger partial charge in [0.2, 0.25) is 0 Å². The van der Waals surface area contributed by atoms with Crippen LogP contribution in [0.4, 0.5) is 0 Å². The summed E-state index contributed by atoms with van der Waals surface area (Å²) < 4.78 is 6.83. The quantitative estimate of drug-likeness (QED) is 0.250. The molecule has 0 heterocycles. The smallest absolute Gasteiger partial charge is 0.122 e. The number of hydrogen-bond donors (Lipinski definition) is 3. The van der Waals surface area contributed by atoms with E-state index in [2.05, 4.69) is 145 Å². The molecule has 5 rings (SSSR count). The first-order valence-electron chi connectivity index (χ1n) is 19.0. The van der Waals surface area contributed by atoms with Crippen LogP contribution in [-0.4, -0.2) is 27.5 Å². The van der Waals surface area contributed by atoms with Crippen LogP contribution in [0.2, 0.25) is 0 Å². The normalized spacial score (nSPS) is 18.8.